The van der Waals surface area contributed by atoms with Crippen LogP contribution in [0.1, 0.15) is 17.3 Å². The van der Waals surface area contributed by atoms with E-state index in [1.54, 1.807) is 25.1 Å². The van der Waals surface area contributed by atoms with Crippen LogP contribution in [0.15, 0.2) is 22.7 Å². The number of hydrogen-bond acceptors (Lipinski definition) is 5. The Balaban J connectivity index is 2.17. The summed E-state index contributed by atoms with van der Waals surface area (Å²) in [7, 11) is 0. The van der Waals surface area contributed by atoms with Crippen molar-refractivity contribution in [2.75, 3.05) is 5.32 Å². The predicted molar refractivity (Wildman–Crippen MR) is 73.7 cm³/mol. The number of aromatic nitrogens is 2. The van der Waals surface area contributed by atoms with Crippen molar-refractivity contribution < 1.29 is 4.52 Å². The van der Waals surface area contributed by atoms with E-state index in [0.29, 0.717) is 28.3 Å². The number of nitrogens with two attached hydrogens (primary N) is 1. The molecule has 0 saturated heterocycles. The molecule has 2 rings (SSSR count). The number of anilines is 1. The Bertz CT molecular complexity index is 584. The third kappa shape index (κ3) is 2.96. The summed E-state index contributed by atoms with van der Waals surface area (Å²) >= 11 is 10.9. The third-order valence-electron chi connectivity index (χ3n) is 2.25. The van der Waals surface area contributed by atoms with Crippen LogP contribution in [-0.2, 0) is 6.54 Å². The van der Waals surface area contributed by atoms with Gasteiger partial charge in [0.2, 0.25) is 5.89 Å². The molecule has 7 heteroatoms. The lowest BCUT2D eigenvalue weighted by atomic mass is 10.2. The van der Waals surface area contributed by atoms with Gasteiger partial charge in [-0.05, 0) is 25.1 Å². The summed E-state index contributed by atoms with van der Waals surface area (Å²) in [5.74, 6) is 1.08. The van der Waals surface area contributed by atoms with Gasteiger partial charge in [-0.2, -0.15) is 4.98 Å². The highest BCUT2D eigenvalue weighted by Crippen LogP contribution is 2.21. The number of nitrogens with one attached hydrogen (secondary N) is 1. The second kappa shape index (κ2) is 5.32. The van der Waals surface area contributed by atoms with Crippen molar-refractivity contribution in [1.29, 1.82) is 0 Å². The van der Waals surface area contributed by atoms with Gasteiger partial charge in [-0.1, -0.05) is 29.0 Å². The van der Waals surface area contributed by atoms with Gasteiger partial charge in [0.05, 0.1) is 6.54 Å². The van der Waals surface area contributed by atoms with E-state index in [9.17, 15) is 0 Å². The Morgan fingerprint density at radius 3 is 2.94 bits per heavy atom. The highest BCUT2D eigenvalue weighted by Gasteiger charge is 2.08. The molecule has 94 valence electrons. The van der Waals surface area contributed by atoms with Gasteiger partial charge in [-0.3, -0.25) is 0 Å². The van der Waals surface area contributed by atoms with Crippen LogP contribution in [0.5, 0.6) is 0 Å². The van der Waals surface area contributed by atoms with Gasteiger partial charge >= 0.3 is 0 Å². The van der Waals surface area contributed by atoms with Crippen molar-refractivity contribution in [1.82, 2.24) is 10.1 Å². The van der Waals surface area contributed by atoms with Crippen molar-refractivity contribution in [3.05, 3.63) is 40.5 Å². The zero-order valence-corrected chi connectivity index (χ0v) is 11.2. The van der Waals surface area contributed by atoms with Crippen LogP contribution >= 0.6 is 23.8 Å². The van der Waals surface area contributed by atoms with E-state index in [1.165, 1.54) is 0 Å². The molecule has 0 saturated carbocycles. The molecule has 1 aromatic heterocycles. The fourth-order valence-corrected chi connectivity index (χ4v) is 1.81. The molecule has 3 N–H and O–H groups in total. The minimum atomic E-state index is 0.302. The minimum absolute atomic E-state index is 0.302. The van der Waals surface area contributed by atoms with E-state index >= 15 is 0 Å². The first-order valence-electron chi connectivity index (χ1n) is 5.18. The Labute approximate surface area is 114 Å². The van der Waals surface area contributed by atoms with Gasteiger partial charge in [-0.15, -0.1) is 0 Å². The quantitative estimate of drug-likeness (QED) is 0.838. The van der Waals surface area contributed by atoms with Crippen LogP contribution in [0.2, 0.25) is 5.02 Å². The fraction of sp³-hybridized carbons (Fsp3) is 0.182. The number of halogens is 1. The van der Waals surface area contributed by atoms with Crippen molar-refractivity contribution in [3.8, 4) is 0 Å². The van der Waals surface area contributed by atoms with E-state index < -0.39 is 0 Å². The topological polar surface area (TPSA) is 77.0 Å². The Morgan fingerprint density at radius 1 is 1.56 bits per heavy atom. The van der Waals surface area contributed by atoms with Gasteiger partial charge < -0.3 is 15.6 Å². The first kappa shape index (κ1) is 12.8. The lowest BCUT2D eigenvalue weighted by Crippen LogP contribution is -2.13. The van der Waals surface area contributed by atoms with Crippen LogP contribution in [-0.4, -0.2) is 15.1 Å². The van der Waals surface area contributed by atoms with Gasteiger partial charge in [0.25, 0.3) is 0 Å². The van der Waals surface area contributed by atoms with Crippen LogP contribution in [0.3, 0.4) is 0 Å². The monoisotopic (exact) mass is 282 g/mol. The van der Waals surface area contributed by atoms with Gasteiger partial charge in [0.15, 0.2) is 5.82 Å². The number of thiocarbonyl (C=S) groups is 1. The van der Waals surface area contributed by atoms with Gasteiger partial charge in [0.1, 0.15) is 4.99 Å². The SMILES string of the molecule is Cc1noc(CNc2cc(Cl)ccc2C(N)=S)n1. The predicted octanol–water partition coefficient (Wildman–Crippen LogP) is 2.28. The number of aryl methyl sites for hydroxylation is 1. The normalized spacial score (nSPS) is 10.3. The van der Waals surface area contributed by atoms with Crippen molar-refractivity contribution in [3.63, 3.8) is 0 Å². The maximum atomic E-state index is 5.93. The Morgan fingerprint density at radius 2 is 2.33 bits per heavy atom. The molecule has 0 fully saturated rings. The van der Waals surface area contributed by atoms with Crippen molar-refractivity contribution in [2.45, 2.75) is 13.5 Å². The molecule has 18 heavy (non-hydrogen) atoms. The molecule has 0 amide bonds. The molecular weight excluding hydrogens is 272 g/mol. The summed E-state index contributed by atoms with van der Waals surface area (Å²) in [5.41, 5.74) is 7.10. The van der Waals surface area contributed by atoms with Crippen LogP contribution < -0.4 is 11.1 Å². The molecule has 0 aliphatic carbocycles. The molecule has 0 aliphatic rings. The number of benzene rings is 1. The minimum Gasteiger partial charge on any atom is -0.389 e. The molecular formula is C11H11ClN4OS. The fourth-order valence-electron chi connectivity index (χ4n) is 1.46. The zero-order chi connectivity index (χ0) is 13.1. The molecule has 1 heterocycles. The molecule has 1 aromatic carbocycles. The Hall–Kier alpha value is -1.66. The molecule has 0 bridgehead atoms. The maximum absolute atomic E-state index is 5.93. The summed E-state index contributed by atoms with van der Waals surface area (Å²) in [4.78, 5) is 4.39. The molecule has 0 aliphatic heterocycles. The average Bonchev–Trinajstić information content (AvgIpc) is 2.72. The highest BCUT2D eigenvalue weighted by molar-refractivity contribution is 7.80. The summed E-state index contributed by atoms with van der Waals surface area (Å²) < 4.78 is 5.00. The van der Waals surface area contributed by atoms with E-state index in [4.69, 9.17) is 34.1 Å². The molecule has 0 radical (unpaired) electrons. The number of nitrogens with zero attached hydrogens (tertiary/aromatic N) is 2. The van der Waals surface area contributed by atoms with Crippen molar-refractivity contribution >= 4 is 34.5 Å². The third-order valence-corrected chi connectivity index (χ3v) is 2.70. The molecule has 0 spiro atoms. The zero-order valence-electron chi connectivity index (χ0n) is 9.61. The molecule has 2 aromatic rings. The van der Waals surface area contributed by atoms with Crippen molar-refractivity contribution in [2.24, 2.45) is 5.73 Å². The standard InChI is InChI=1S/C11H11ClN4OS/c1-6-15-10(17-16-6)5-14-9-4-7(12)2-3-8(9)11(13)18/h2-4,14H,5H2,1H3,(H2,13,18). The Kier molecular flexibility index (Phi) is 3.78. The molecule has 0 atom stereocenters. The molecule has 5 nitrogen and oxygen atoms in total. The van der Waals surface area contributed by atoms with E-state index in [2.05, 4.69) is 15.5 Å². The summed E-state index contributed by atoms with van der Waals surface area (Å²) in [6.07, 6.45) is 0. The van der Waals surface area contributed by atoms with Gasteiger partial charge in [-0.25, -0.2) is 0 Å². The average molecular weight is 283 g/mol. The van der Waals surface area contributed by atoms with E-state index in [1.807, 2.05) is 0 Å². The van der Waals surface area contributed by atoms with Crippen LogP contribution in [0.25, 0.3) is 0 Å². The van der Waals surface area contributed by atoms with Crippen LogP contribution in [0, 0.1) is 6.92 Å². The van der Waals surface area contributed by atoms with E-state index in [0.717, 1.165) is 11.3 Å². The highest BCUT2D eigenvalue weighted by atomic mass is 35.5. The largest absolute Gasteiger partial charge is 0.389 e. The second-order valence-electron chi connectivity index (χ2n) is 3.64. The summed E-state index contributed by atoms with van der Waals surface area (Å²) in [6, 6.07) is 5.25. The lowest BCUT2D eigenvalue weighted by Gasteiger charge is -2.09. The van der Waals surface area contributed by atoms with Crippen LogP contribution in [0.4, 0.5) is 5.69 Å². The summed E-state index contributed by atoms with van der Waals surface area (Å²) in [6.45, 7) is 2.14. The number of rotatable bonds is 4. The first-order chi connectivity index (χ1) is 8.56. The maximum Gasteiger partial charge on any atom is 0.245 e. The lowest BCUT2D eigenvalue weighted by molar-refractivity contribution is 0.379. The smallest absolute Gasteiger partial charge is 0.245 e. The second-order valence-corrected chi connectivity index (χ2v) is 4.52. The summed E-state index contributed by atoms with van der Waals surface area (Å²) in [5, 5.41) is 7.41. The number of hydrogen-bond donors (Lipinski definition) is 2. The van der Waals surface area contributed by atoms with Gasteiger partial charge in [0, 0.05) is 16.3 Å². The van der Waals surface area contributed by atoms with E-state index in [-0.39, 0.29) is 0 Å². The first-order valence-corrected chi connectivity index (χ1v) is 5.97. The molecule has 0 unspecified atom stereocenters.